The second-order valence-corrected chi connectivity index (χ2v) is 5.30. The summed E-state index contributed by atoms with van der Waals surface area (Å²) >= 11 is 0. The topological polar surface area (TPSA) is 55.6 Å². The summed E-state index contributed by atoms with van der Waals surface area (Å²) in [5.74, 6) is 0.207. The number of aryl methyl sites for hydroxylation is 1. The molecule has 1 saturated heterocycles. The Morgan fingerprint density at radius 2 is 1.84 bits per heavy atom. The molecule has 0 aliphatic carbocycles. The van der Waals surface area contributed by atoms with Crippen LogP contribution in [0, 0.1) is 0 Å². The molecule has 0 radical (unpaired) electrons. The maximum absolute atomic E-state index is 12.2. The number of carbonyl (C=O) groups excluding carboxylic acids is 1. The molecule has 19 heavy (non-hydrogen) atoms. The third-order valence-electron chi connectivity index (χ3n) is 3.38. The monoisotopic (exact) mass is 262 g/mol. The van der Waals surface area contributed by atoms with Crippen LogP contribution in [0.3, 0.4) is 0 Å². The number of benzene rings is 1. The lowest BCUT2D eigenvalue weighted by atomic mass is 10.1. The smallest absolute Gasteiger partial charge is 0.223 e. The largest absolute Gasteiger partial charge is 0.399 e. The number of amides is 1. The summed E-state index contributed by atoms with van der Waals surface area (Å²) < 4.78 is 5.63. The average molecular weight is 262 g/mol. The van der Waals surface area contributed by atoms with Crippen LogP contribution in [0.25, 0.3) is 0 Å². The van der Waals surface area contributed by atoms with Crippen LogP contribution in [-0.2, 0) is 16.0 Å². The molecule has 2 atom stereocenters. The molecule has 1 aromatic carbocycles. The average Bonchev–Trinajstić information content (AvgIpc) is 2.36. The molecule has 104 valence electrons. The number of ether oxygens (including phenoxy) is 1. The lowest BCUT2D eigenvalue weighted by molar-refractivity contribution is -0.143. The van der Waals surface area contributed by atoms with E-state index in [1.54, 1.807) is 0 Å². The number of nitrogens with zero attached hydrogens (tertiary/aromatic N) is 1. The molecular formula is C15H22N2O2. The van der Waals surface area contributed by atoms with Crippen molar-refractivity contribution in [3.8, 4) is 0 Å². The van der Waals surface area contributed by atoms with Gasteiger partial charge in [0.05, 0.1) is 12.2 Å². The van der Waals surface area contributed by atoms with Crippen molar-refractivity contribution in [2.75, 3.05) is 18.8 Å². The molecule has 2 rings (SSSR count). The standard InChI is InChI=1S/C15H22N2O2/c1-11-9-17(10-12(2)19-11)15(18)8-5-13-3-6-14(16)7-4-13/h3-4,6-7,11-12H,5,8-10,16H2,1-2H3. The molecule has 1 fully saturated rings. The quantitative estimate of drug-likeness (QED) is 0.846. The predicted octanol–water partition coefficient (Wildman–Crippen LogP) is 1.84. The van der Waals surface area contributed by atoms with Crippen molar-refractivity contribution in [2.45, 2.75) is 38.9 Å². The van der Waals surface area contributed by atoms with E-state index in [0.717, 1.165) is 17.7 Å². The fourth-order valence-corrected chi connectivity index (χ4v) is 2.48. The van der Waals surface area contributed by atoms with Crippen molar-refractivity contribution < 1.29 is 9.53 Å². The van der Waals surface area contributed by atoms with Crippen LogP contribution in [0.4, 0.5) is 5.69 Å². The minimum atomic E-state index is 0.129. The highest BCUT2D eigenvalue weighted by Gasteiger charge is 2.25. The van der Waals surface area contributed by atoms with Gasteiger partial charge in [-0.15, -0.1) is 0 Å². The van der Waals surface area contributed by atoms with Gasteiger partial charge in [-0.3, -0.25) is 4.79 Å². The number of nitrogens with two attached hydrogens (primary N) is 1. The number of nitrogen functional groups attached to an aromatic ring is 1. The van der Waals surface area contributed by atoms with Crippen molar-refractivity contribution >= 4 is 11.6 Å². The zero-order chi connectivity index (χ0) is 13.8. The van der Waals surface area contributed by atoms with Gasteiger partial charge < -0.3 is 15.4 Å². The lowest BCUT2D eigenvalue weighted by Gasteiger charge is -2.35. The maximum atomic E-state index is 12.2. The van der Waals surface area contributed by atoms with Crippen LogP contribution in [0.2, 0.25) is 0 Å². The van der Waals surface area contributed by atoms with E-state index in [1.165, 1.54) is 0 Å². The normalized spacial score (nSPS) is 23.4. The second kappa shape index (κ2) is 6.06. The van der Waals surface area contributed by atoms with Gasteiger partial charge in [0.25, 0.3) is 0 Å². The van der Waals surface area contributed by atoms with Gasteiger partial charge in [0.15, 0.2) is 0 Å². The van der Waals surface area contributed by atoms with Crippen LogP contribution in [0.1, 0.15) is 25.8 Å². The van der Waals surface area contributed by atoms with Crippen molar-refractivity contribution in [1.29, 1.82) is 0 Å². The molecule has 0 spiro atoms. The van der Waals surface area contributed by atoms with Crippen molar-refractivity contribution in [3.05, 3.63) is 29.8 Å². The van der Waals surface area contributed by atoms with E-state index < -0.39 is 0 Å². The molecule has 4 nitrogen and oxygen atoms in total. The lowest BCUT2D eigenvalue weighted by Crippen LogP contribution is -2.48. The van der Waals surface area contributed by atoms with Gasteiger partial charge >= 0.3 is 0 Å². The Bertz CT molecular complexity index is 420. The SMILES string of the molecule is CC1CN(C(=O)CCc2ccc(N)cc2)CC(C)O1. The summed E-state index contributed by atoms with van der Waals surface area (Å²) in [6.45, 7) is 5.42. The Morgan fingerprint density at radius 1 is 1.26 bits per heavy atom. The Balaban J connectivity index is 1.85. The first-order chi connectivity index (χ1) is 9.04. The van der Waals surface area contributed by atoms with E-state index in [9.17, 15) is 4.79 Å². The van der Waals surface area contributed by atoms with Crippen LogP contribution in [0.15, 0.2) is 24.3 Å². The molecule has 0 aromatic heterocycles. The Labute approximate surface area is 114 Å². The number of hydrogen-bond donors (Lipinski definition) is 1. The molecule has 0 saturated carbocycles. The Morgan fingerprint density at radius 3 is 2.42 bits per heavy atom. The van der Waals surface area contributed by atoms with Gasteiger partial charge in [-0.2, -0.15) is 0 Å². The van der Waals surface area contributed by atoms with Crippen LogP contribution in [-0.4, -0.2) is 36.1 Å². The number of carbonyl (C=O) groups is 1. The van der Waals surface area contributed by atoms with E-state index >= 15 is 0 Å². The highest BCUT2D eigenvalue weighted by atomic mass is 16.5. The molecule has 1 amide bonds. The van der Waals surface area contributed by atoms with Crippen LogP contribution >= 0.6 is 0 Å². The second-order valence-electron chi connectivity index (χ2n) is 5.30. The predicted molar refractivity (Wildman–Crippen MR) is 75.8 cm³/mol. The zero-order valence-corrected chi connectivity index (χ0v) is 11.6. The van der Waals surface area contributed by atoms with Crippen molar-refractivity contribution in [1.82, 2.24) is 4.90 Å². The van der Waals surface area contributed by atoms with Gasteiger partial charge in [-0.25, -0.2) is 0 Å². The first kappa shape index (κ1) is 13.9. The number of morpholine rings is 1. The van der Waals surface area contributed by atoms with Gasteiger partial charge in [0.2, 0.25) is 5.91 Å². The van der Waals surface area contributed by atoms with E-state index in [1.807, 2.05) is 43.0 Å². The van der Waals surface area contributed by atoms with E-state index in [0.29, 0.717) is 19.5 Å². The van der Waals surface area contributed by atoms with Crippen LogP contribution < -0.4 is 5.73 Å². The Kier molecular flexibility index (Phi) is 4.43. The summed E-state index contributed by atoms with van der Waals surface area (Å²) in [5.41, 5.74) is 7.55. The van der Waals surface area contributed by atoms with Gasteiger partial charge in [0.1, 0.15) is 0 Å². The van der Waals surface area contributed by atoms with E-state index in [2.05, 4.69) is 0 Å². The zero-order valence-electron chi connectivity index (χ0n) is 11.6. The summed E-state index contributed by atoms with van der Waals surface area (Å²) in [6.07, 6.45) is 1.57. The molecule has 4 heteroatoms. The fraction of sp³-hybridized carbons (Fsp3) is 0.533. The molecule has 2 unspecified atom stereocenters. The molecule has 0 bridgehead atoms. The molecule has 1 heterocycles. The molecule has 1 aliphatic heterocycles. The third kappa shape index (κ3) is 3.96. The first-order valence-corrected chi connectivity index (χ1v) is 6.82. The van der Waals surface area contributed by atoms with Crippen molar-refractivity contribution in [2.24, 2.45) is 0 Å². The summed E-state index contributed by atoms with van der Waals surface area (Å²) in [5, 5.41) is 0. The van der Waals surface area contributed by atoms with Crippen LogP contribution in [0.5, 0.6) is 0 Å². The Hall–Kier alpha value is -1.55. The summed E-state index contributed by atoms with van der Waals surface area (Å²) in [7, 11) is 0. The molecular weight excluding hydrogens is 240 g/mol. The molecule has 2 N–H and O–H groups in total. The highest BCUT2D eigenvalue weighted by molar-refractivity contribution is 5.76. The third-order valence-corrected chi connectivity index (χ3v) is 3.38. The number of anilines is 1. The van der Waals surface area contributed by atoms with Gasteiger partial charge in [0, 0.05) is 25.2 Å². The van der Waals surface area contributed by atoms with E-state index in [-0.39, 0.29) is 18.1 Å². The molecule has 1 aliphatic rings. The van der Waals surface area contributed by atoms with Gasteiger partial charge in [-0.1, -0.05) is 12.1 Å². The highest BCUT2D eigenvalue weighted by Crippen LogP contribution is 2.13. The minimum Gasteiger partial charge on any atom is -0.399 e. The first-order valence-electron chi connectivity index (χ1n) is 6.82. The van der Waals surface area contributed by atoms with Crippen molar-refractivity contribution in [3.63, 3.8) is 0 Å². The van der Waals surface area contributed by atoms with Gasteiger partial charge in [-0.05, 0) is 38.0 Å². The summed E-state index contributed by atoms with van der Waals surface area (Å²) in [6, 6.07) is 7.71. The number of rotatable bonds is 3. The minimum absolute atomic E-state index is 0.129. The van der Waals surface area contributed by atoms with E-state index in [4.69, 9.17) is 10.5 Å². The molecule has 1 aromatic rings. The summed E-state index contributed by atoms with van der Waals surface area (Å²) in [4.78, 5) is 14.1. The maximum Gasteiger partial charge on any atom is 0.223 e. The fourth-order valence-electron chi connectivity index (χ4n) is 2.48. The number of hydrogen-bond acceptors (Lipinski definition) is 3.